The van der Waals surface area contributed by atoms with Crippen molar-refractivity contribution in [3.05, 3.63) is 63.0 Å². The lowest BCUT2D eigenvalue weighted by Crippen LogP contribution is -2.61. The van der Waals surface area contributed by atoms with E-state index in [0.717, 1.165) is 31.2 Å². The Hall–Kier alpha value is -2.81. The zero-order valence-electron chi connectivity index (χ0n) is 21.2. The van der Waals surface area contributed by atoms with Crippen molar-refractivity contribution in [1.29, 1.82) is 0 Å². The second kappa shape index (κ2) is 10.2. The van der Waals surface area contributed by atoms with Crippen LogP contribution in [0.1, 0.15) is 52.2 Å². The van der Waals surface area contributed by atoms with E-state index in [1.165, 1.54) is 11.0 Å². The van der Waals surface area contributed by atoms with Crippen molar-refractivity contribution < 1.29 is 35.9 Å². The zero-order valence-corrected chi connectivity index (χ0v) is 22.7. The van der Waals surface area contributed by atoms with Crippen molar-refractivity contribution in [3.63, 3.8) is 0 Å². The predicted molar refractivity (Wildman–Crippen MR) is 134 cm³/mol. The Bertz CT molecular complexity index is 1450. The minimum absolute atomic E-state index is 0.0603. The van der Waals surface area contributed by atoms with Gasteiger partial charge in [0.25, 0.3) is 11.8 Å². The zero-order chi connectivity index (χ0) is 29.2. The Labute approximate surface area is 239 Å². The number of halogens is 7. The normalized spacial score (nSPS) is 23.0. The number of ether oxygens (including phenoxy) is 1. The fraction of sp³-hybridized carbons (Fsp3) is 0.520. The maximum Gasteiger partial charge on any atom is 0.433 e. The molecule has 0 saturated carbocycles. The Morgan fingerprint density at radius 1 is 1.12 bits per heavy atom. The highest BCUT2D eigenvalue weighted by Crippen LogP contribution is 2.50. The monoisotopic (exact) mass is 620 g/mol. The summed E-state index contributed by atoms with van der Waals surface area (Å²) in [7, 11) is 0. The fourth-order valence-corrected chi connectivity index (χ4v) is 6.28. The molecule has 9 nitrogen and oxygen atoms in total. The Kier molecular flexibility index (Phi) is 7.03. The third-order valence-corrected chi connectivity index (χ3v) is 8.68. The summed E-state index contributed by atoms with van der Waals surface area (Å²) in [6.07, 6.45) is -2.05. The Morgan fingerprint density at radius 3 is 2.59 bits per heavy atom. The van der Waals surface area contributed by atoms with Gasteiger partial charge in [-0.25, -0.2) is 0 Å². The number of benzene rings is 1. The lowest BCUT2D eigenvalue weighted by Gasteiger charge is -2.50. The van der Waals surface area contributed by atoms with Crippen LogP contribution in [0.4, 0.5) is 22.0 Å². The van der Waals surface area contributed by atoms with E-state index in [0.29, 0.717) is 26.2 Å². The van der Waals surface area contributed by atoms with Crippen molar-refractivity contribution in [2.75, 3.05) is 39.3 Å². The number of hydrogen-bond donors (Lipinski definition) is 1. The molecule has 0 radical (unpaired) electrons. The van der Waals surface area contributed by atoms with Gasteiger partial charge < -0.3 is 14.1 Å². The molecule has 220 valence electrons. The number of carbonyl (C=O) groups is 1. The second-order valence-electron chi connectivity index (χ2n) is 10.7. The maximum atomic E-state index is 15.3. The Morgan fingerprint density at radius 2 is 1.90 bits per heavy atom. The molecule has 1 N–H and O–H groups in total. The lowest BCUT2D eigenvalue weighted by atomic mass is 9.71. The number of alkyl halides is 5. The first-order valence-corrected chi connectivity index (χ1v) is 13.5. The molecule has 3 fully saturated rings. The van der Waals surface area contributed by atoms with E-state index < -0.39 is 52.1 Å². The van der Waals surface area contributed by atoms with Gasteiger partial charge in [-0.15, -0.1) is 10.2 Å². The first-order valence-electron chi connectivity index (χ1n) is 12.8. The summed E-state index contributed by atoms with van der Waals surface area (Å²) in [5, 5.41) is 12.8. The summed E-state index contributed by atoms with van der Waals surface area (Å²) in [6, 6.07) is 3.32. The van der Waals surface area contributed by atoms with Crippen LogP contribution in [0.2, 0.25) is 10.0 Å². The highest BCUT2D eigenvalue weighted by Gasteiger charge is 2.58. The van der Waals surface area contributed by atoms with E-state index in [1.807, 2.05) is 5.10 Å². The SMILES string of the molecule is O=C(c1cn[nH]c1C(F)(F)F)N1CC(c2nnc(C(F)(F)c3ccc(Cl)c(Cl)c3)o2)C2(CN(CC3CCCO3)C2)C1. The molecule has 3 aliphatic heterocycles. The van der Waals surface area contributed by atoms with E-state index in [9.17, 15) is 18.0 Å². The maximum absolute atomic E-state index is 15.3. The summed E-state index contributed by atoms with van der Waals surface area (Å²) < 4.78 is 82.3. The topological polar surface area (TPSA) is 100 Å². The number of likely N-dealkylation sites (tertiary alicyclic amines) is 2. The third-order valence-electron chi connectivity index (χ3n) is 7.94. The predicted octanol–water partition coefficient (Wildman–Crippen LogP) is 4.98. The van der Waals surface area contributed by atoms with Gasteiger partial charge in [0.2, 0.25) is 5.89 Å². The van der Waals surface area contributed by atoms with Crippen LogP contribution in [0.5, 0.6) is 0 Å². The number of nitrogens with one attached hydrogen (secondary N) is 1. The van der Waals surface area contributed by atoms with Gasteiger partial charge >= 0.3 is 12.1 Å². The number of aromatic nitrogens is 4. The average molecular weight is 621 g/mol. The van der Waals surface area contributed by atoms with Crippen molar-refractivity contribution in [3.8, 4) is 0 Å². The van der Waals surface area contributed by atoms with Gasteiger partial charge in [-0.2, -0.15) is 27.1 Å². The van der Waals surface area contributed by atoms with E-state index >= 15 is 8.78 Å². The molecule has 5 heterocycles. The van der Waals surface area contributed by atoms with Crippen LogP contribution < -0.4 is 0 Å². The summed E-state index contributed by atoms with van der Waals surface area (Å²) in [4.78, 5) is 16.6. The highest BCUT2D eigenvalue weighted by atomic mass is 35.5. The number of aromatic amines is 1. The van der Waals surface area contributed by atoms with Crippen LogP contribution in [-0.2, 0) is 16.8 Å². The van der Waals surface area contributed by atoms with Crippen LogP contribution in [0, 0.1) is 5.41 Å². The summed E-state index contributed by atoms with van der Waals surface area (Å²) in [6.45, 7) is 2.18. The van der Waals surface area contributed by atoms with Gasteiger partial charge in [-0.1, -0.05) is 29.3 Å². The molecule has 2 aromatic heterocycles. The van der Waals surface area contributed by atoms with Gasteiger partial charge in [-0.3, -0.25) is 14.8 Å². The number of H-pyrrole nitrogens is 1. The average Bonchev–Trinajstić information content (AvgIpc) is 3.70. The first kappa shape index (κ1) is 28.3. The van der Waals surface area contributed by atoms with Crippen LogP contribution >= 0.6 is 23.2 Å². The molecule has 3 aliphatic rings. The van der Waals surface area contributed by atoms with Gasteiger partial charge in [0.15, 0.2) is 5.69 Å². The molecule has 3 saturated heterocycles. The number of amides is 1. The Balaban J connectivity index is 1.28. The van der Waals surface area contributed by atoms with Gasteiger partial charge in [0.05, 0.1) is 33.8 Å². The molecule has 1 spiro atoms. The van der Waals surface area contributed by atoms with Crippen LogP contribution in [0.3, 0.4) is 0 Å². The summed E-state index contributed by atoms with van der Waals surface area (Å²) >= 11 is 11.8. The van der Waals surface area contributed by atoms with Crippen molar-refractivity contribution >= 4 is 29.1 Å². The van der Waals surface area contributed by atoms with E-state index in [-0.39, 0.29) is 35.1 Å². The summed E-state index contributed by atoms with van der Waals surface area (Å²) in [5.41, 5.74) is -3.08. The van der Waals surface area contributed by atoms with E-state index in [1.54, 1.807) is 0 Å². The minimum atomic E-state index is -4.82. The van der Waals surface area contributed by atoms with Crippen LogP contribution in [-0.4, -0.2) is 81.5 Å². The summed E-state index contributed by atoms with van der Waals surface area (Å²) in [5.74, 6) is -6.39. The third kappa shape index (κ3) is 5.08. The highest BCUT2D eigenvalue weighted by molar-refractivity contribution is 6.42. The molecule has 2 atom stereocenters. The van der Waals surface area contributed by atoms with E-state index in [2.05, 4.69) is 20.2 Å². The quantitative estimate of drug-likeness (QED) is 0.388. The fourth-order valence-electron chi connectivity index (χ4n) is 5.99. The standard InChI is InChI=1S/C25H23Cl2F5N6O3/c26-17-4-3-13(6-18(17)27)24(28,29)22-36-35-20(41-22)16-9-38(21(39)15-7-33-34-19(15)25(30,31)32)12-23(16)10-37(11-23)8-14-2-1-5-40-14/h3-4,6-7,14,16H,1-2,5,8-12H2,(H,33,34). The largest absolute Gasteiger partial charge is 0.433 e. The minimum Gasteiger partial charge on any atom is -0.419 e. The van der Waals surface area contributed by atoms with Gasteiger partial charge in [-0.05, 0) is 25.0 Å². The number of rotatable bonds is 6. The van der Waals surface area contributed by atoms with Crippen molar-refractivity contribution in [1.82, 2.24) is 30.2 Å². The molecule has 41 heavy (non-hydrogen) atoms. The number of carbonyl (C=O) groups excluding carboxylic acids is 1. The molecule has 0 aliphatic carbocycles. The van der Waals surface area contributed by atoms with Gasteiger partial charge in [0.1, 0.15) is 0 Å². The molecule has 1 aromatic carbocycles. The number of hydrogen-bond acceptors (Lipinski definition) is 7. The van der Waals surface area contributed by atoms with Gasteiger partial charge in [0, 0.05) is 50.3 Å². The first-order chi connectivity index (χ1) is 19.4. The second-order valence-corrected chi connectivity index (χ2v) is 11.5. The lowest BCUT2D eigenvalue weighted by molar-refractivity contribution is -0.141. The molecule has 16 heteroatoms. The molecular weight excluding hydrogens is 598 g/mol. The molecule has 2 unspecified atom stereocenters. The van der Waals surface area contributed by atoms with Crippen LogP contribution in [0.15, 0.2) is 28.8 Å². The molecule has 3 aromatic rings. The van der Waals surface area contributed by atoms with Crippen LogP contribution in [0.25, 0.3) is 0 Å². The van der Waals surface area contributed by atoms with Crippen molar-refractivity contribution in [2.24, 2.45) is 5.41 Å². The van der Waals surface area contributed by atoms with E-state index in [4.69, 9.17) is 32.4 Å². The molecule has 0 bridgehead atoms. The molecular formula is C25H23Cl2F5N6O3. The smallest absolute Gasteiger partial charge is 0.419 e. The molecule has 6 rings (SSSR count). The molecule has 1 amide bonds. The number of nitrogens with zero attached hydrogens (tertiary/aromatic N) is 5. The van der Waals surface area contributed by atoms with Crippen molar-refractivity contribution in [2.45, 2.75) is 37.0 Å².